The molecule has 0 radical (unpaired) electrons. The molecule has 1 N–H and O–H groups in total. The summed E-state index contributed by atoms with van der Waals surface area (Å²) in [5, 5.41) is 9.21. The quantitative estimate of drug-likeness (QED) is 0.642. The van der Waals surface area contributed by atoms with Crippen LogP contribution in [-0.4, -0.2) is 16.2 Å². The topological polar surface area (TPSA) is 37.3 Å². The van der Waals surface area contributed by atoms with Crippen molar-refractivity contribution in [2.45, 2.75) is 13.8 Å². The van der Waals surface area contributed by atoms with Crippen LogP contribution in [-0.2, 0) is 0 Å². The summed E-state index contributed by atoms with van der Waals surface area (Å²) < 4.78 is 0. The molecular weight excluding hydrogens is 232 g/mol. The van der Waals surface area contributed by atoms with Crippen molar-refractivity contribution in [2.24, 2.45) is 0 Å². The number of alkyl halides is 1. The van der Waals surface area contributed by atoms with Crippen LogP contribution in [0.25, 0.3) is 0 Å². The standard InChI is InChI=1S/C8H7BrO2.C2H6/c9-5-8(11)6-1-3-7(10)4-2-6;1-2/h1-4,10H,5H2;1-2H3. The Kier molecular flexibility index (Phi) is 6.24. The molecule has 1 rings (SSSR count). The molecular formula is C10H13BrO2. The van der Waals surface area contributed by atoms with E-state index in [1.54, 1.807) is 12.1 Å². The van der Waals surface area contributed by atoms with Crippen molar-refractivity contribution in [2.75, 3.05) is 5.33 Å². The fourth-order valence-corrected chi connectivity index (χ4v) is 1.05. The Morgan fingerprint density at radius 2 is 1.77 bits per heavy atom. The molecule has 3 heteroatoms. The Morgan fingerprint density at radius 1 is 1.31 bits per heavy atom. The number of hydrogen-bond donors (Lipinski definition) is 1. The van der Waals surface area contributed by atoms with Gasteiger partial charge in [-0.3, -0.25) is 4.79 Å². The minimum atomic E-state index is 0.0185. The molecule has 0 aliphatic carbocycles. The maximum atomic E-state index is 11.0. The summed E-state index contributed by atoms with van der Waals surface area (Å²) >= 11 is 3.06. The zero-order valence-corrected chi connectivity index (χ0v) is 9.34. The van der Waals surface area contributed by atoms with Crippen molar-refractivity contribution < 1.29 is 9.90 Å². The van der Waals surface area contributed by atoms with Crippen LogP contribution in [0.1, 0.15) is 24.2 Å². The molecule has 0 atom stereocenters. The number of aromatic hydroxyl groups is 1. The lowest BCUT2D eigenvalue weighted by Gasteiger charge is -1.95. The molecule has 0 fully saturated rings. The van der Waals surface area contributed by atoms with Crippen LogP contribution >= 0.6 is 15.9 Å². The molecule has 0 spiro atoms. The summed E-state index contributed by atoms with van der Waals surface area (Å²) in [5.41, 5.74) is 0.611. The van der Waals surface area contributed by atoms with Crippen LogP contribution in [0.4, 0.5) is 0 Å². The van der Waals surface area contributed by atoms with Crippen molar-refractivity contribution in [3.63, 3.8) is 0 Å². The highest BCUT2D eigenvalue weighted by Crippen LogP contribution is 2.10. The smallest absolute Gasteiger partial charge is 0.173 e. The van der Waals surface area contributed by atoms with Gasteiger partial charge in [-0.05, 0) is 24.3 Å². The number of carbonyl (C=O) groups excluding carboxylic acids is 1. The third-order valence-corrected chi connectivity index (χ3v) is 1.82. The molecule has 1 aromatic carbocycles. The largest absolute Gasteiger partial charge is 0.508 e. The molecule has 0 aliphatic heterocycles. The number of ketones is 1. The summed E-state index contributed by atoms with van der Waals surface area (Å²) in [6.45, 7) is 4.00. The minimum absolute atomic E-state index is 0.0185. The van der Waals surface area contributed by atoms with Crippen molar-refractivity contribution in [3.05, 3.63) is 29.8 Å². The average Bonchev–Trinajstić information content (AvgIpc) is 2.21. The van der Waals surface area contributed by atoms with Gasteiger partial charge in [-0.2, -0.15) is 0 Å². The average molecular weight is 245 g/mol. The molecule has 0 heterocycles. The summed E-state index contributed by atoms with van der Waals surface area (Å²) in [6, 6.07) is 6.18. The number of hydrogen-bond acceptors (Lipinski definition) is 2. The second-order valence-corrected chi connectivity index (χ2v) is 2.66. The fraction of sp³-hybridized carbons (Fsp3) is 0.300. The third-order valence-electron chi connectivity index (χ3n) is 1.31. The SMILES string of the molecule is CC.O=C(CBr)c1ccc(O)cc1. The molecule has 0 saturated carbocycles. The normalized spacial score (nSPS) is 8.54. The first-order valence-electron chi connectivity index (χ1n) is 4.12. The van der Waals surface area contributed by atoms with Gasteiger partial charge in [0.15, 0.2) is 5.78 Å². The lowest BCUT2D eigenvalue weighted by Crippen LogP contribution is -1.98. The highest BCUT2D eigenvalue weighted by molar-refractivity contribution is 9.09. The fourth-order valence-electron chi connectivity index (χ4n) is 0.724. The molecule has 0 aliphatic rings. The van der Waals surface area contributed by atoms with Gasteiger partial charge in [0.2, 0.25) is 0 Å². The number of benzene rings is 1. The van der Waals surface area contributed by atoms with Crippen LogP contribution in [0.5, 0.6) is 5.75 Å². The maximum Gasteiger partial charge on any atom is 0.173 e. The molecule has 1 aromatic rings. The Morgan fingerprint density at radius 3 is 2.15 bits per heavy atom. The lowest BCUT2D eigenvalue weighted by atomic mass is 10.1. The van der Waals surface area contributed by atoms with E-state index in [1.165, 1.54) is 12.1 Å². The van der Waals surface area contributed by atoms with E-state index in [9.17, 15) is 4.79 Å². The number of Topliss-reactive ketones (excluding diaryl/α,β-unsaturated/α-hetero) is 1. The van der Waals surface area contributed by atoms with Gasteiger partial charge in [-0.15, -0.1) is 0 Å². The Hall–Kier alpha value is -0.830. The Balaban J connectivity index is 0.000000671. The van der Waals surface area contributed by atoms with Crippen molar-refractivity contribution in [1.82, 2.24) is 0 Å². The molecule has 0 aromatic heterocycles. The predicted molar refractivity (Wildman–Crippen MR) is 57.6 cm³/mol. The minimum Gasteiger partial charge on any atom is -0.508 e. The molecule has 0 amide bonds. The second-order valence-electron chi connectivity index (χ2n) is 2.10. The van der Waals surface area contributed by atoms with Crippen molar-refractivity contribution >= 4 is 21.7 Å². The van der Waals surface area contributed by atoms with Gasteiger partial charge in [0.05, 0.1) is 5.33 Å². The van der Waals surface area contributed by atoms with E-state index in [2.05, 4.69) is 15.9 Å². The number of phenolic OH excluding ortho intramolecular Hbond substituents is 1. The zero-order chi connectivity index (χ0) is 10.3. The molecule has 0 unspecified atom stereocenters. The van der Waals surface area contributed by atoms with Crippen LogP contribution in [0.15, 0.2) is 24.3 Å². The van der Waals surface area contributed by atoms with Gasteiger partial charge in [0.25, 0.3) is 0 Å². The highest BCUT2D eigenvalue weighted by Gasteiger charge is 2.01. The molecule has 2 nitrogen and oxygen atoms in total. The van der Waals surface area contributed by atoms with Crippen molar-refractivity contribution in [1.29, 1.82) is 0 Å². The summed E-state index contributed by atoms with van der Waals surface area (Å²) in [6.07, 6.45) is 0. The summed E-state index contributed by atoms with van der Waals surface area (Å²) in [7, 11) is 0. The van der Waals surface area contributed by atoms with Crippen LogP contribution in [0.3, 0.4) is 0 Å². The lowest BCUT2D eigenvalue weighted by molar-refractivity contribution is 0.102. The summed E-state index contributed by atoms with van der Waals surface area (Å²) in [4.78, 5) is 11.0. The Bertz CT molecular complexity index is 254. The number of halogens is 1. The van der Waals surface area contributed by atoms with E-state index in [-0.39, 0.29) is 11.5 Å². The van der Waals surface area contributed by atoms with Gasteiger partial charge < -0.3 is 5.11 Å². The van der Waals surface area contributed by atoms with Crippen LogP contribution in [0.2, 0.25) is 0 Å². The highest BCUT2D eigenvalue weighted by atomic mass is 79.9. The zero-order valence-electron chi connectivity index (χ0n) is 7.75. The van der Waals surface area contributed by atoms with Gasteiger partial charge in [-0.25, -0.2) is 0 Å². The van der Waals surface area contributed by atoms with Crippen molar-refractivity contribution in [3.8, 4) is 5.75 Å². The third kappa shape index (κ3) is 4.08. The van der Waals surface area contributed by atoms with E-state index in [4.69, 9.17) is 5.11 Å². The van der Waals surface area contributed by atoms with E-state index < -0.39 is 0 Å². The van der Waals surface area contributed by atoms with E-state index in [1.807, 2.05) is 13.8 Å². The van der Waals surface area contributed by atoms with E-state index in [0.717, 1.165) is 0 Å². The van der Waals surface area contributed by atoms with Gasteiger partial charge >= 0.3 is 0 Å². The number of phenols is 1. The molecule has 0 saturated heterocycles. The molecule has 72 valence electrons. The number of rotatable bonds is 2. The van der Waals surface area contributed by atoms with Crippen LogP contribution < -0.4 is 0 Å². The molecule has 0 bridgehead atoms. The Labute approximate surface area is 86.7 Å². The first kappa shape index (κ1) is 12.2. The van der Waals surface area contributed by atoms with Gasteiger partial charge in [0.1, 0.15) is 5.75 Å². The van der Waals surface area contributed by atoms with E-state index >= 15 is 0 Å². The summed E-state index contributed by atoms with van der Waals surface area (Å²) in [5.74, 6) is 0.195. The van der Waals surface area contributed by atoms with E-state index in [0.29, 0.717) is 10.9 Å². The van der Waals surface area contributed by atoms with Gasteiger partial charge in [-0.1, -0.05) is 29.8 Å². The second kappa shape index (κ2) is 6.66. The monoisotopic (exact) mass is 244 g/mol. The van der Waals surface area contributed by atoms with Gasteiger partial charge in [0, 0.05) is 5.56 Å². The first-order valence-corrected chi connectivity index (χ1v) is 5.24. The molecule has 13 heavy (non-hydrogen) atoms. The maximum absolute atomic E-state index is 11.0. The first-order chi connectivity index (χ1) is 6.24. The number of carbonyl (C=O) groups is 1. The predicted octanol–water partition coefficient (Wildman–Crippen LogP) is 3.00. The van der Waals surface area contributed by atoms with Crippen LogP contribution in [0, 0.1) is 0 Å².